The van der Waals surface area contributed by atoms with Crippen LogP contribution >= 0.6 is 11.6 Å². The molecule has 0 saturated heterocycles. The molecule has 0 fully saturated rings. The highest BCUT2D eigenvalue weighted by molar-refractivity contribution is 6.31. The normalized spacial score (nSPS) is 10.6. The van der Waals surface area contributed by atoms with Crippen LogP contribution in [0, 0.1) is 5.41 Å². The third-order valence-electron chi connectivity index (χ3n) is 5.71. The van der Waals surface area contributed by atoms with Crippen LogP contribution in [0.3, 0.4) is 0 Å². The first-order valence-corrected chi connectivity index (χ1v) is 12.5. The highest BCUT2D eigenvalue weighted by Crippen LogP contribution is 2.35. The number of hydrogen-bond donors (Lipinski definition) is 5. The quantitative estimate of drug-likeness (QED) is 0.124. The topological polar surface area (TPSA) is 165 Å². The van der Waals surface area contributed by atoms with Gasteiger partial charge in [0, 0.05) is 52.5 Å². The Bertz CT molecular complexity index is 1520. The number of carboxylic acid groups (broad SMARTS) is 1. The van der Waals surface area contributed by atoms with Gasteiger partial charge in [-0.2, -0.15) is 0 Å². The van der Waals surface area contributed by atoms with E-state index in [1.165, 1.54) is 0 Å². The monoisotopic (exact) mass is 562 g/mol. The summed E-state index contributed by atoms with van der Waals surface area (Å²) in [5.41, 5.74) is 8.64. The number of rotatable bonds is 12. The van der Waals surface area contributed by atoms with Crippen molar-refractivity contribution in [2.45, 2.75) is 13.5 Å². The molecule has 6 N–H and O–H groups in total. The summed E-state index contributed by atoms with van der Waals surface area (Å²) in [4.78, 5) is 28.6. The number of carbonyl (C=O) groups is 2. The van der Waals surface area contributed by atoms with Crippen molar-refractivity contribution in [1.82, 2.24) is 9.55 Å². The standard InChI is InChI=1S/C28H27ClN6O5/c1-2-39-24-13-21(35-10-9-32-16-35)11-18(26(24)40-15-25(36)37)14-33-23-8-5-19(29)12-22(23)28(38)34-20-6-3-17(4-7-20)27(30)31/h3-13,16,33H,2,14-15H2,1H3,(H3,30,31)(H,34,38)(H,36,37). The molecule has 1 aromatic heterocycles. The molecule has 0 aliphatic heterocycles. The molecule has 0 radical (unpaired) electrons. The van der Waals surface area contributed by atoms with E-state index in [4.69, 9.17) is 32.2 Å². The molecule has 11 nitrogen and oxygen atoms in total. The van der Waals surface area contributed by atoms with Gasteiger partial charge in [0.25, 0.3) is 5.91 Å². The third-order valence-corrected chi connectivity index (χ3v) is 5.94. The zero-order valence-electron chi connectivity index (χ0n) is 21.5. The van der Waals surface area contributed by atoms with E-state index >= 15 is 0 Å². The second kappa shape index (κ2) is 12.7. The number of aromatic nitrogens is 2. The van der Waals surface area contributed by atoms with Crippen LogP contribution in [0.15, 0.2) is 73.3 Å². The zero-order chi connectivity index (χ0) is 28.6. The largest absolute Gasteiger partial charge is 0.490 e. The summed E-state index contributed by atoms with van der Waals surface area (Å²) in [6.07, 6.45) is 5.04. The maximum absolute atomic E-state index is 13.2. The Labute approximate surface area is 235 Å². The number of nitrogens with one attached hydrogen (secondary N) is 3. The molecule has 0 saturated carbocycles. The van der Waals surface area contributed by atoms with Crippen LogP contribution in [0.1, 0.15) is 28.4 Å². The fraction of sp³-hybridized carbons (Fsp3) is 0.143. The molecule has 1 amide bonds. The Balaban J connectivity index is 1.64. The molecule has 0 bridgehead atoms. The smallest absolute Gasteiger partial charge is 0.341 e. The molecule has 206 valence electrons. The van der Waals surface area contributed by atoms with Crippen LogP contribution < -0.4 is 25.8 Å². The van der Waals surface area contributed by atoms with Gasteiger partial charge in [-0.15, -0.1) is 0 Å². The summed E-state index contributed by atoms with van der Waals surface area (Å²) in [6.45, 7) is 1.74. The maximum atomic E-state index is 13.2. The Hall–Kier alpha value is -5.03. The van der Waals surface area contributed by atoms with Crippen LogP contribution in [-0.4, -0.2) is 45.6 Å². The average molecular weight is 563 g/mol. The number of nitrogens with two attached hydrogens (primary N) is 1. The molecule has 4 aromatic rings. The van der Waals surface area contributed by atoms with Crippen molar-refractivity contribution in [3.05, 3.63) is 95.0 Å². The molecule has 40 heavy (non-hydrogen) atoms. The van der Waals surface area contributed by atoms with Gasteiger partial charge in [0.2, 0.25) is 0 Å². The van der Waals surface area contributed by atoms with Crippen molar-refractivity contribution >= 4 is 40.7 Å². The molecule has 0 aliphatic rings. The summed E-state index contributed by atoms with van der Waals surface area (Å²) in [7, 11) is 0. The summed E-state index contributed by atoms with van der Waals surface area (Å²) < 4.78 is 13.2. The number of halogens is 1. The number of anilines is 2. The zero-order valence-corrected chi connectivity index (χ0v) is 22.2. The van der Waals surface area contributed by atoms with E-state index in [-0.39, 0.29) is 23.7 Å². The minimum atomic E-state index is -1.13. The number of hydrogen-bond acceptors (Lipinski definition) is 7. The predicted molar refractivity (Wildman–Crippen MR) is 152 cm³/mol. The number of amidine groups is 1. The molecule has 0 atom stereocenters. The molecule has 4 rings (SSSR count). The van der Waals surface area contributed by atoms with E-state index in [1.54, 1.807) is 71.8 Å². The summed E-state index contributed by atoms with van der Waals surface area (Å²) in [5.74, 6) is -0.977. The number of benzene rings is 3. The van der Waals surface area contributed by atoms with Gasteiger partial charge < -0.3 is 35.5 Å². The minimum absolute atomic E-state index is 0.0736. The Morgan fingerprint density at radius 2 is 1.90 bits per heavy atom. The molecule has 1 heterocycles. The van der Waals surface area contributed by atoms with E-state index in [0.29, 0.717) is 39.9 Å². The number of ether oxygens (including phenoxy) is 2. The van der Waals surface area contributed by atoms with Gasteiger partial charge in [0.15, 0.2) is 18.1 Å². The lowest BCUT2D eigenvalue weighted by Crippen LogP contribution is -2.16. The van der Waals surface area contributed by atoms with Crippen molar-refractivity contribution in [2.24, 2.45) is 5.73 Å². The first-order chi connectivity index (χ1) is 19.2. The lowest BCUT2D eigenvalue weighted by atomic mass is 10.1. The lowest BCUT2D eigenvalue weighted by Gasteiger charge is -2.19. The Morgan fingerprint density at radius 3 is 2.55 bits per heavy atom. The van der Waals surface area contributed by atoms with Gasteiger partial charge in [0.1, 0.15) is 5.84 Å². The van der Waals surface area contributed by atoms with Crippen LogP contribution in [0.4, 0.5) is 11.4 Å². The molecule has 0 aliphatic carbocycles. The Kier molecular flexibility index (Phi) is 8.87. The summed E-state index contributed by atoms with van der Waals surface area (Å²) in [6, 6.07) is 15.0. The fourth-order valence-electron chi connectivity index (χ4n) is 3.88. The molecule has 0 spiro atoms. The summed E-state index contributed by atoms with van der Waals surface area (Å²) in [5, 5.41) is 23.2. The van der Waals surface area contributed by atoms with Gasteiger partial charge in [0.05, 0.1) is 24.2 Å². The number of carboxylic acids is 1. The van der Waals surface area contributed by atoms with Gasteiger partial charge in [-0.1, -0.05) is 11.6 Å². The number of nitrogen functional groups attached to an aromatic ring is 1. The molecule has 0 unspecified atom stereocenters. The second-order valence-corrected chi connectivity index (χ2v) is 8.94. The number of nitrogens with zero attached hydrogens (tertiary/aromatic N) is 2. The molecular weight excluding hydrogens is 536 g/mol. The first kappa shape index (κ1) is 28.0. The maximum Gasteiger partial charge on any atom is 0.341 e. The third kappa shape index (κ3) is 6.88. The van der Waals surface area contributed by atoms with E-state index in [1.807, 2.05) is 13.0 Å². The summed E-state index contributed by atoms with van der Waals surface area (Å²) >= 11 is 6.22. The Morgan fingerprint density at radius 1 is 1.12 bits per heavy atom. The highest BCUT2D eigenvalue weighted by Gasteiger charge is 2.18. The average Bonchev–Trinajstić information content (AvgIpc) is 3.47. The molecular formula is C28H27ClN6O5. The van der Waals surface area contributed by atoms with Gasteiger partial charge in [-0.25, -0.2) is 9.78 Å². The fourth-order valence-corrected chi connectivity index (χ4v) is 4.05. The van der Waals surface area contributed by atoms with E-state index in [9.17, 15) is 14.7 Å². The van der Waals surface area contributed by atoms with Crippen LogP contribution in [0.25, 0.3) is 5.69 Å². The van der Waals surface area contributed by atoms with Crippen molar-refractivity contribution in [1.29, 1.82) is 5.41 Å². The van der Waals surface area contributed by atoms with Crippen LogP contribution in [-0.2, 0) is 11.3 Å². The van der Waals surface area contributed by atoms with Crippen LogP contribution in [0.2, 0.25) is 5.02 Å². The lowest BCUT2D eigenvalue weighted by molar-refractivity contribution is -0.139. The minimum Gasteiger partial charge on any atom is -0.490 e. The van der Waals surface area contributed by atoms with Gasteiger partial charge in [-0.05, 0) is 55.5 Å². The van der Waals surface area contributed by atoms with Gasteiger partial charge in [-0.3, -0.25) is 10.2 Å². The predicted octanol–water partition coefficient (Wildman–Crippen LogP) is 4.54. The van der Waals surface area contributed by atoms with Crippen molar-refractivity contribution in [3.8, 4) is 17.2 Å². The van der Waals surface area contributed by atoms with Crippen molar-refractivity contribution in [2.75, 3.05) is 23.8 Å². The van der Waals surface area contributed by atoms with E-state index in [0.717, 1.165) is 5.69 Å². The number of carbonyl (C=O) groups excluding carboxylic acids is 1. The number of amides is 1. The molecule has 12 heteroatoms. The number of aliphatic carboxylic acids is 1. The van der Waals surface area contributed by atoms with Crippen molar-refractivity contribution < 1.29 is 24.2 Å². The van der Waals surface area contributed by atoms with Gasteiger partial charge >= 0.3 is 5.97 Å². The second-order valence-electron chi connectivity index (χ2n) is 8.51. The van der Waals surface area contributed by atoms with Crippen LogP contribution in [0.5, 0.6) is 11.5 Å². The number of imidazole rings is 1. The highest BCUT2D eigenvalue weighted by atomic mass is 35.5. The van der Waals surface area contributed by atoms with Crippen molar-refractivity contribution in [3.63, 3.8) is 0 Å². The SMILES string of the molecule is CCOc1cc(-n2ccnc2)cc(CNc2ccc(Cl)cc2C(=O)Nc2ccc(C(=N)N)cc2)c1OCC(=O)O. The molecule has 3 aromatic carbocycles. The van der Waals surface area contributed by atoms with E-state index < -0.39 is 18.5 Å². The first-order valence-electron chi connectivity index (χ1n) is 12.2. The van der Waals surface area contributed by atoms with E-state index in [2.05, 4.69) is 15.6 Å².